The zero-order valence-corrected chi connectivity index (χ0v) is 30.5. The predicted molar refractivity (Wildman–Crippen MR) is 162 cm³/mol. The topological polar surface area (TPSA) is 321 Å². The Hall–Kier alpha value is -2.54. The number of nitrogens with one attached hydrogen (secondary N) is 3. The number of hydrogen-bond acceptors (Lipinski definition) is 12. The average Bonchev–Trinajstić information content (AvgIpc) is 2.95. The molecule has 0 fully saturated rings. The van der Waals surface area contributed by atoms with E-state index in [2.05, 4.69) is 16.0 Å². The summed E-state index contributed by atoms with van der Waals surface area (Å²) in [5.74, 6) is -5.08. The Balaban J connectivity index is -0.000000285. The summed E-state index contributed by atoms with van der Waals surface area (Å²) >= 11 is 0. The number of amides is 3. The van der Waals surface area contributed by atoms with Crippen molar-refractivity contribution in [1.29, 1.82) is 0 Å². The number of hydrogen-bond donors (Lipinski definition) is 12. The third-order valence-electron chi connectivity index (χ3n) is 6.10. The molecule has 0 saturated heterocycles. The minimum absolute atomic E-state index is 0. The molecule has 0 aliphatic rings. The van der Waals surface area contributed by atoms with Gasteiger partial charge in [-0.25, -0.2) is 0 Å². The monoisotopic (exact) mass is 866 g/mol. The zero-order valence-electron chi connectivity index (χ0n) is 27.0. The van der Waals surface area contributed by atoms with Crippen molar-refractivity contribution in [2.75, 3.05) is 39.5 Å². The van der Waals surface area contributed by atoms with Crippen LogP contribution in [0.15, 0.2) is 0 Å². The summed E-state index contributed by atoms with van der Waals surface area (Å²) in [6, 6.07) is 0. The first-order valence-electron chi connectivity index (χ1n) is 13.8. The Bertz CT molecular complexity index is 842. The number of carbonyl (C=O) groups excluding carboxylic acids is 3. The van der Waals surface area contributed by atoms with E-state index >= 15 is 0 Å². The van der Waals surface area contributed by atoms with Crippen molar-refractivity contribution >= 4 is 61.8 Å². The van der Waals surface area contributed by atoms with Gasteiger partial charge in [-0.3, -0.25) is 28.8 Å². The summed E-state index contributed by atoms with van der Waals surface area (Å²) in [6.45, 7) is 8.11. The standard InChI is InChI=1S/3C9H17NO5.Bi/c3*1-9(2,5-11)7(14)8(15)10-4-3-6(12)13;/h3*7,11,14H,3-5H2,1-2H3,(H,10,15)(H,12,13);/t3*7-;/m000./s1. The molecule has 0 aliphatic heterocycles. The van der Waals surface area contributed by atoms with Crippen molar-refractivity contribution in [3.8, 4) is 0 Å². The summed E-state index contributed by atoms with van der Waals surface area (Å²) in [6.07, 6.45) is -4.64. The minimum atomic E-state index is -1.35. The Morgan fingerprint density at radius 1 is 0.478 bits per heavy atom. The van der Waals surface area contributed by atoms with E-state index in [1.165, 1.54) is 41.5 Å². The second-order valence-electron chi connectivity index (χ2n) is 12.0. The van der Waals surface area contributed by atoms with Gasteiger partial charge in [0.1, 0.15) is 18.3 Å². The van der Waals surface area contributed by atoms with E-state index in [9.17, 15) is 44.1 Å². The summed E-state index contributed by atoms with van der Waals surface area (Å²) in [4.78, 5) is 64.2. The van der Waals surface area contributed by atoms with Gasteiger partial charge in [0.15, 0.2) is 0 Å². The fourth-order valence-corrected chi connectivity index (χ4v) is 2.49. The van der Waals surface area contributed by atoms with Crippen LogP contribution in [0.3, 0.4) is 0 Å². The van der Waals surface area contributed by atoms with Gasteiger partial charge < -0.3 is 61.9 Å². The maximum atomic E-state index is 11.3. The van der Waals surface area contributed by atoms with Gasteiger partial charge in [-0.1, -0.05) is 41.5 Å². The van der Waals surface area contributed by atoms with Crippen molar-refractivity contribution in [2.45, 2.75) is 79.1 Å². The fraction of sp³-hybridized carbons (Fsp3) is 0.778. The molecule has 19 heteroatoms. The van der Waals surface area contributed by atoms with Crippen LogP contribution in [-0.2, 0) is 28.8 Å². The van der Waals surface area contributed by atoms with Gasteiger partial charge in [-0.05, 0) is 0 Å². The maximum Gasteiger partial charge on any atom is 0.305 e. The molecule has 0 bridgehead atoms. The Kier molecular flexibility index (Phi) is 26.9. The van der Waals surface area contributed by atoms with Crippen LogP contribution >= 0.6 is 0 Å². The van der Waals surface area contributed by atoms with Crippen LogP contribution in [0.5, 0.6) is 0 Å². The number of rotatable bonds is 18. The minimum Gasteiger partial charge on any atom is -0.481 e. The molecule has 3 amide bonds. The molecule has 3 radical (unpaired) electrons. The molecular weight excluding hydrogens is 815 g/mol. The molecule has 0 spiro atoms. The maximum absolute atomic E-state index is 11.3. The second-order valence-corrected chi connectivity index (χ2v) is 12.0. The molecule has 0 aromatic carbocycles. The van der Waals surface area contributed by atoms with Gasteiger partial charge in [0.2, 0.25) is 17.7 Å². The number of carboxylic acids is 3. The van der Waals surface area contributed by atoms with Gasteiger partial charge in [0.25, 0.3) is 0 Å². The molecule has 18 nitrogen and oxygen atoms in total. The fourth-order valence-electron chi connectivity index (χ4n) is 2.49. The molecule has 0 aromatic rings. The molecule has 12 N–H and O–H groups in total. The van der Waals surface area contributed by atoms with Crippen LogP contribution in [0.25, 0.3) is 0 Å². The molecule has 0 aromatic heterocycles. The third kappa shape index (κ3) is 22.9. The Labute approximate surface area is 286 Å². The first-order chi connectivity index (χ1) is 20.4. The third-order valence-corrected chi connectivity index (χ3v) is 6.10. The van der Waals surface area contributed by atoms with Gasteiger partial charge >= 0.3 is 17.9 Å². The summed E-state index contributed by atoms with van der Waals surface area (Å²) in [5.41, 5.74) is -2.81. The number of aliphatic hydroxyl groups is 6. The van der Waals surface area contributed by atoms with E-state index in [0.717, 1.165) is 0 Å². The quantitative estimate of drug-likeness (QED) is 0.0595. The summed E-state index contributed by atoms with van der Waals surface area (Å²) in [5, 5.41) is 86.9. The smallest absolute Gasteiger partial charge is 0.305 e. The predicted octanol–water partition coefficient (Wildman–Crippen LogP) is -3.51. The van der Waals surface area contributed by atoms with Crippen LogP contribution in [0.2, 0.25) is 0 Å². The number of aliphatic hydroxyl groups excluding tert-OH is 6. The van der Waals surface area contributed by atoms with Crippen molar-refractivity contribution < 1.29 is 74.7 Å². The van der Waals surface area contributed by atoms with Crippen LogP contribution in [-0.4, -0.2) is 166 Å². The largest absolute Gasteiger partial charge is 0.481 e. The van der Waals surface area contributed by atoms with Gasteiger partial charge in [-0.15, -0.1) is 0 Å². The van der Waals surface area contributed by atoms with Gasteiger partial charge in [0.05, 0.1) is 39.1 Å². The van der Waals surface area contributed by atoms with Crippen LogP contribution in [0, 0.1) is 16.2 Å². The van der Waals surface area contributed by atoms with Crippen molar-refractivity contribution in [3.63, 3.8) is 0 Å². The van der Waals surface area contributed by atoms with E-state index in [1.54, 1.807) is 0 Å². The number of carbonyl (C=O) groups is 6. The molecule has 3 atom stereocenters. The first kappa shape index (κ1) is 50.3. The molecule has 0 aliphatic carbocycles. The Morgan fingerprint density at radius 3 is 0.783 bits per heavy atom. The molecule has 0 heterocycles. The zero-order chi connectivity index (χ0) is 36.2. The number of carboxylic acid groups (broad SMARTS) is 3. The first-order valence-corrected chi connectivity index (χ1v) is 13.8. The summed E-state index contributed by atoms with van der Waals surface area (Å²) in [7, 11) is 0. The van der Waals surface area contributed by atoms with E-state index in [4.69, 9.17) is 30.6 Å². The van der Waals surface area contributed by atoms with E-state index in [-0.39, 0.29) is 84.9 Å². The normalized spacial score (nSPS) is 13.0. The summed E-state index contributed by atoms with van der Waals surface area (Å²) < 4.78 is 0. The van der Waals surface area contributed by atoms with E-state index in [1.807, 2.05) is 0 Å². The second kappa shape index (κ2) is 24.6. The molecule has 0 saturated carbocycles. The SMILES string of the molecule is CC(C)(CO)[C@@H](O)C(=O)NCCC(=O)O.CC(C)(CO)[C@@H](O)C(=O)NCCC(=O)O.CC(C)(CO)[C@@H](O)C(=O)NCCC(=O)O.[Bi]. The molecule has 46 heavy (non-hydrogen) atoms. The van der Waals surface area contributed by atoms with Gasteiger partial charge in [-0.2, -0.15) is 0 Å². The van der Waals surface area contributed by atoms with E-state index < -0.39 is 70.2 Å². The molecular formula is C27H51BiN3O15. The van der Waals surface area contributed by atoms with Crippen LogP contribution in [0.4, 0.5) is 0 Å². The van der Waals surface area contributed by atoms with Crippen molar-refractivity contribution in [2.24, 2.45) is 16.2 Å². The van der Waals surface area contributed by atoms with Gasteiger partial charge in [0, 0.05) is 62.1 Å². The molecule has 269 valence electrons. The van der Waals surface area contributed by atoms with Crippen LogP contribution < -0.4 is 16.0 Å². The molecule has 0 rings (SSSR count). The van der Waals surface area contributed by atoms with Crippen molar-refractivity contribution in [1.82, 2.24) is 16.0 Å². The Morgan fingerprint density at radius 2 is 0.652 bits per heavy atom. The van der Waals surface area contributed by atoms with Crippen molar-refractivity contribution in [3.05, 3.63) is 0 Å². The van der Waals surface area contributed by atoms with E-state index in [0.29, 0.717) is 0 Å². The van der Waals surface area contributed by atoms with Crippen LogP contribution in [0.1, 0.15) is 60.8 Å². The number of aliphatic carboxylic acids is 3. The average molecular weight is 867 g/mol. The molecule has 0 unspecified atom stereocenters.